The molecular weight excluding hydrogens is 360 g/mol. The van der Waals surface area contributed by atoms with Gasteiger partial charge in [-0.1, -0.05) is 32.9 Å². The second kappa shape index (κ2) is 7.72. The molecule has 1 N–H and O–H groups in total. The molecule has 0 aromatic heterocycles. The van der Waals surface area contributed by atoms with Gasteiger partial charge < -0.3 is 10.0 Å². The fraction of sp³-hybridized carbons (Fsp3) is 0.714. The van der Waals surface area contributed by atoms with Crippen LogP contribution in [0.1, 0.15) is 57.3 Å². The Bertz CT molecular complexity index is 762. The number of sulfonamides is 1. The largest absolute Gasteiger partial charge is 0.387 e. The lowest BCUT2D eigenvalue weighted by Crippen LogP contribution is -2.40. The molecule has 6 heteroatoms. The first kappa shape index (κ1) is 20.6. The fourth-order valence-electron chi connectivity index (χ4n) is 4.47. The monoisotopic (exact) mass is 394 g/mol. The molecular formula is C21H34N2O3S. The van der Waals surface area contributed by atoms with Gasteiger partial charge in [0.2, 0.25) is 10.0 Å². The Morgan fingerprint density at radius 3 is 2.44 bits per heavy atom. The van der Waals surface area contributed by atoms with E-state index in [0.717, 1.165) is 48.7 Å². The fourth-order valence-corrected chi connectivity index (χ4v) is 5.46. The summed E-state index contributed by atoms with van der Waals surface area (Å²) in [5.74, 6) is 0.747. The molecule has 2 heterocycles. The molecule has 27 heavy (non-hydrogen) atoms. The van der Waals surface area contributed by atoms with Gasteiger partial charge in [0.25, 0.3) is 0 Å². The van der Waals surface area contributed by atoms with Gasteiger partial charge in [-0.15, -0.1) is 0 Å². The van der Waals surface area contributed by atoms with Gasteiger partial charge in [0, 0.05) is 13.1 Å². The maximum Gasteiger partial charge on any atom is 0.232 e. The zero-order chi connectivity index (χ0) is 19.8. The Labute approximate surface area is 164 Å². The first-order valence-corrected chi connectivity index (χ1v) is 11.9. The summed E-state index contributed by atoms with van der Waals surface area (Å²) >= 11 is 0. The van der Waals surface area contributed by atoms with Gasteiger partial charge in [-0.2, -0.15) is 0 Å². The van der Waals surface area contributed by atoms with E-state index >= 15 is 0 Å². The zero-order valence-corrected chi connectivity index (χ0v) is 17.9. The topological polar surface area (TPSA) is 60.9 Å². The number of aryl methyl sites for hydroxylation is 1. The normalized spacial score (nSPS) is 21.1. The molecule has 0 spiro atoms. The average molecular weight is 395 g/mol. The molecule has 2 aliphatic heterocycles. The van der Waals surface area contributed by atoms with Crippen molar-refractivity contribution in [3.8, 4) is 0 Å². The third-order valence-electron chi connectivity index (χ3n) is 6.21. The molecule has 0 amide bonds. The highest BCUT2D eigenvalue weighted by Gasteiger charge is 2.30. The van der Waals surface area contributed by atoms with Crippen molar-refractivity contribution >= 4 is 15.7 Å². The number of β-amino-alcohol motifs (C(OH)–C–C–N with tert-alkyl or cyclic N) is 1. The summed E-state index contributed by atoms with van der Waals surface area (Å²) < 4.78 is 25.5. The zero-order valence-electron chi connectivity index (χ0n) is 17.1. The lowest BCUT2D eigenvalue weighted by atomic mass is 9.75. The number of anilines is 1. The van der Waals surface area contributed by atoms with E-state index in [4.69, 9.17) is 0 Å². The maximum atomic E-state index is 12.0. The van der Waals surface area contributed by atoms with E-state index in [0.29, 0.717) is 18.5 Å². The van der Waals surface area contributed by atoms with E-state index in [1.165, 1.54) is 23.4 Å². The van der Waals surface area contributed by atoms with Gasteiger partial charge in [-0.3, -0.25) is 4.31 Å². The number of likely N-dealkylation sites (tertiary alicyclic amines) is 1. The van der Waals surface area contributed by atoms with Crippen LogP contribution in [0, 0.1) is 11.3 Å². The molecule has 1 saturated heterocycles. The Hall–Kier alpha value is -1.11. The number of aliphatic hydroxyl groups is 1. The molecule has 0 unspecified atom stereocenters. The van der Waals surface area contributed by atoms with E-state index in [-0.39, 0.29) is 0 Å². The van der Waals surface area contributed by atoms with Crippen molar-refractivity contribution in [1.29, 1.82) is 0 Å². The second-order valence-electron chi connectivity index (χ2n) is 9.28. The molecule has 1 aromatic rings. The van der Waals surface area contributed by atoms with Crippen LogP contribution in [0.15, 0.2) is 18.2 Å². The molecule has 1 fully saturated rings. The number of rotatable bonds is 4. The third kappa shape index (κ3) is 4.84. The summed E-state index contributed by atoms with van der Waals surface area (Å²) in [6.45, 7) is 10.2. The van der Waals surface area contributed by atoms with E-state index < -0.39 is 16.1 Å². The molecule has 0 radical (unpaired) electrons. The smallest absolute Gasteiger partial charge is 0.232 e. The first-order chi connectivity index (χ1) is 12.6. The van der Waals surface area contributed by atoms with Crippen molar-refractivity contribution in [2.24, 2.45) is 11.3 Å². The molecule has 5 nitrogen and oxygen atoms in total. The quantitative estimate of drug-likeness (QED) is 0.852. The van der Waals surface area contributed by atoms with Crippen molar-refractivity contribution < 1.29 is 13.5 Å². The molecule has 0 saturated carbocycles. The summed E-state index contributed by atoms with van der Waals surface area (Å²) in [6, 6.07) is 5.74. The van der Waals surface area contributed by atoms with Crippen LogP contribution in [0.5, 0.6) is 0 Å². The van der Waals surface area contributed by atoms with E-state index in [1.54, 1.807) is 0 Å². The number of piperidine rings is 1. The molecule has 1 aromatic carbocycles. The first-order valence-electron chi connectivity index (χ1n) is 10.1. The van der Waals surface area contributed by atoms with Crippen LogP contribution in [0.3, 0.4) is 0 Å². The minimum Gasteiger partial charge on any atom is -0.387 e. The highest BCUT2D eigenvalue weighted by Crippen LogP contribution is 2.35. The number of hydrogen-bond acceptors (Lipinski definition) is 4. The standard InChI is InChI=1S/C21H34N2O3S/c1-21(2,3)18-9-12-22(13-10-18)15-20(24)17-7-8-19-16(14-17)6-5-11-23(19)27(4,25)26/h7-8,14,18,20,24H,5-6,9-13,15H2,1-4H3/t20-/m0/s1. The van der Waals surface area contributed by atoms with Gasteiger partial charge in [-0.05, 0) is 67.3 Å². The summed E-state index contributed by atoms with van der Waals surface area (Å²) in [4.78, 5) is 2.36. The van der Waals surface area contributed by atoms with E-state index in [1.807, 2.05) is 18.2 Å². The van der Waals surface area contributed by atoms with Gasteiger partial charge >= 0.3 is 0 Å². The van der Waals surface area contributed by atoms with Crippen LogP contribution in [0.4, 0.5) is 5.69 Å². The highest BCUT2D eigenvalue weighted by molar-refractivity contribution is 7.92. The predicted octanol–water partition coefficient (Wildman–Crippen LogP) is 3.19. The Balaban J connectivity index is 1.66. The lowest BCUT2D eigenvalue weighted by molar-refractivity contribution is 0.0653. The van der Waals surface area contributed by atoms with E-state index in [2.05, 4.69) is 25.7 Å². The van der Waals surface area contributed by atoms with Gasteiger partial charge in [0.15, 0.2) is 0 Å². The second-order valence-corrected chi connectivity index (χ2v) is 11.2. The summed E-state index contributed by atoms with van der Waals surface area (Å²) in [6.07, 6.45) is 4.77. The van der Waals surface area contributed by atoms with Gasteiger partial charge in [0.05, 0.1) is 18.0 Å². The Morgan fingerprint density at radius 1 is 1.19 bits per heavy atom. The van der Waals surface area contributed by atoms with Crippen LogP contribution in [0.2, 0.25) is 0 Å². The van der Waals surface area contributed by atoms with Crippen molar-refractivity contribution in [3.63, 3.8) is 0 Å². The van der Waals surface area contributed by atoms with Gasteiger partial charge in [-0.25, -0.2) is 8.42 Å². The molecule has 0 aliphatic carbocycles. The van der Waals surface area contributed by atoms with Crippen LogP contribution >= 0.6 is 0 Å². The van der Waals surface area contributed by atoms with E-state index in [9.17, 15) is 13.5 Å². The lowest BCUT2D eigenvalue weighted by Gasteiger charge is -2.39. The van der Waals surface area contributed by atoms with Crippen LogP contribution in [-0.4, -0.2) is 50.9 Å². The van der Waals surface area contributed by atoms with Crippen molar-refractivity contribution in [3.05, 3.63) is 29.3 Å². The summed E-state index contributed by atoms with van der Waals surface area (Å²) in [5.41, 5.74) is 3.04. The Morgan fingerprint density at radius 2 is 1.85 bits per heavy atom. The van der Waals surface area contributed by atoms with Crippen molar-refractivity contribution in [1.82, 2.24) is 4.90 Å². The number of hydrogen-bond donors (Lipinski definition) is 1. The van der Waals surface area contributed by atoms with Crippen LogP contribution in [0.25, 0.3) is 0 Å². The molecule has 152 valence electrons. The molecule has 0 bridgehead atoms. The highest BCUT2D eigenvalue weighted by atomic mass is 32.2. The SMILES string of the molecule is CC(C)(C)C1CCN(C[C@H](O)c2ccc3c(c2)CCCN3S(C)(=O)=O)CC1. The number of fused-ring (bicyclic) bond motifs is 1. The maximum absolute atomic E-state index is 12.0. The average Bonchev–Trinajstić information content (AvgIpc) is 2.59. The number of aliphatic hydroxyl groups excluding tert-OH is 1. The molecule has 3 rings (SSSR count). The minimum absolute atomic E-state index is 0.356. The van der Waals surface area contributed by atoms with Crippen LogP contribution < -0.4 is 4.31 Å². The summed E-state index contributed by atoms with van der Waals surface area (Å²) in [7, 11) is -3.25. The summed E-state index contributed by atoms with van der Waals surface area (Å²) in [5, 5.41) is 10.8. The minimum atomic E-state index is -3.25. The number of nitrogens with zero attached hydrogens (tertiary/aromatic N) is 2. The number of benzene rings is 1. The van der Waals surface area contributed by atoms with Crippen molar-refractivity contribution in [2.75, 3.05) is 36.7 Å². The predicted molar refractivity (Wildman–Crippen MR) is 111 cm³/mol. The Kier molecular flexibility index (Phi) is 5.90. The van der Waals surface area contributed by atoms with Crippen molar-refractivity contribution in [2.45, 2.75) is 52.6 Å². The molecule has 2 aliphatic rings. The third-order valence-corrected chi connectivity index (χ3v) is 7.39. The van der Waals surface area contributed by atoms with Crippen LogP contribution in [-0.2, 0) is 16.4 Å². The molecule has 1 atom stereocenters. The van der Waals surface area contributed by atoms with Gasteiger partial charge in [0.1, 0.15) is 0 Å².